The van der Waals surface area contributed by atoms with Crippen LogP contribution in [0.2, 0.25) is 0 Å². The van der Waals surface area contributed by atoms with Crippen molar-refractivity contribution in [2.45, 2.75) is 6.92 Å². The molecule has 0 unspecified atom stereocenters. The Balaban J connectivity index is 2.28. The molecule has 0 spiro atoms. The summed E-state index contributed by atoms with van der Waals surface area (Å²) in [5.74, 6) is -0.640. The fourth-order valence-corrected chi connectivity index (χ4v) is 1.56. The summed E-state index contributed by atoms with van der Waals surface area (Å²) in [6.07, 6.45) is 0. The highest BCUT2D eigenvalue weighted by Gasteiger charge is 2.09. The normalized spacial score (nSPS) is 10.1. The molecule has 0 aromatic heterocycles. The van der Waals surface area contributed by atoms with E-state index < -0.39 is 10.7 Å². The number of nitrogens with zero attached hydrogens (tertiary/aromatic N) is 1. The van der Waals surface area contributed by atoms with Crippen molar-refractivity contribution in [2.75, 3.05) is 5.32 Å². The van der Waals surface area contributed by atoms with E-state index in [2.05, 4.69) is 5.32 Å². The Morgan fingerprint density at radius 3 is 2.39 bits per heavy atom. The molecule has 1 N–H and O–H groups in total. The quantitative estimate of drug-likeness (QED) is 0.662. The zero-order valence-electron chi connectivity index (χ0n) is 9.68. The minimum absolute atomic E-state index is 0.274. The minimum atomic E-state index is -0.640. The van der Waals surface area contributed by atoms with Crippen LogP contribution >= 0.6 is 0 Å². The van der Waals surface area contributed by atoms with Gasteiger partial charge in [0.15, 0.2) is 0 Å². The maximum atomic E-state index is 13.2. The topological polar surface area (TPSA) is 55.2 Å². The molecule has 5 heteroatoms. The van der Waals surface area contributed by atoms with Crippen molar-refractivity contribution in [3.63, 3.8) is 0 Å². The number of benzene rings is 2. The molecule has 0 saturated heterocycles. The third-order valence-electron chi connectivity index (χ3n) is 2.43. The second kappa shape index (κ2) is 4.83. The van der Waals surface area contributed by atoms with Crippen molar-refractivity contribution in [1.29, 1.82) is 0 Å². The molecule has 0 aliphatic rings. The standard InChI is InChI=1S/C13H11FN2O2/c1-9-2-4-11(5-3-9)15-12-6-10(14)7-13(8-12)16(17)18/h2-8,15H,1H3. The van der Waals surface area contributed by atoms with Crippen LogP contribution in [0.4, 0.5) is 21.5 Å². The lowest BCUT2D eigenvalue weighted by atomic mass is 10.2. The third kappa shape index (κ3) is 2.82. The van der Waals surface area contributed by atoms with Gasteiger partial charge in [-0.3, -0.25) is 10.1 Å². The smallest absolute Gasteiger partial charge is 0.274 e. The average molecular weight is 246 g/mol. The number of halogens is 1. The molecule has 0 aliphatic carbocycles. The van der Waals surface area contributed by atoms with Gasteiger partial charge in [-0.25, -0.2) is 4.39 Å². The molecule has 2 rings (SSSR count). The molecule has 0 amide bonds. The molecule has 2 aromatic rings. The number of hydrogen-bond acceptors (Lipinski definition) is 3. The van der Waals surface area contributed by atoms with Crippen LogP contribution in [0.5, 0.6) is 0 Å². The van der Waals surface area contributed by atoms with Crippen molar-refractivity contribution in [1.82, 2.24) is 0 Å². The predicted molar refractivity (Wildman–Crippen MR) is 67.5 cm³/mol. The molecule has 0 aliphatic heterocycles. The van der Waals surface area contributed by atoms with Gasteiger partial charge in [0, 0.05) is 17.4 Å². The summed E-state index contributed by atoms with van der Waals surface area (Å²) in [4.78, 5) is 9.99. The molecular formula is C13H11FN2O2. The summed E-state index contributed by atoms with van der Waals surface area (Å²) < 4.78 is 13.2. The van der Waals surface area contributed by atoms with Crippen LogP contribution in [-0.4, -0.2) is 4.92 Å². The summed E-state index contributed by atoms with van der Waals surface area (Å²) in [6, 6.07) is 10.8. The zero-order valence-corrected chi connectivity index (χ0v) is 9.68. The molecule has 2 aromatic carbocycles. The van der Waals surface area contributed by atoms with E-state index in [0.717, 1.165) is 17.3 Å². The lowest BCUT2D eigenvalue weighted by Gasteiger charge is -2.06. The lowest BCUT2D eigenvalue weighted by molar-refractivity contribution is -0.385. The fraction of sp³-hybridized carbons (Fsp3) is 0.0769. The van der Waals surface area contributed by atoms with Crippen molar-refractivity contribution in [2.24, 2.45) is 0 Å². The molecule has 0 fully saturated rings. The Morgan fingerprint density at radius 2 is 1.78 bits per heavy atom. The van der Waals surface area contributed by atoms with Gasteiger partial charge in [-0.2, -0.15) is 0 Å². The van der Waals surface area contributed by atoms with Gasteiger partial charge >= 0.3 is 0 Å². The Bertz CT molecular complexity index is 582. The van der Waals surface area contributed by atoms with Crippen molar-refractivity contribution < 1.29 is 9.31 Å². The summed E-state index contributed by atoms with van der Waals surface area (Å²) in [5, 5.41) is 13.5. The first kappa shape index (κ1) is 12.0. The average Bonchev–Trinajstić information content (AvgIpc) is 2.31. The maximum absolute atomic E-state index is 13.2. The highest BCUT2D eigenvalue weighted by molar-refractivity contribution is 5.62. The molecule has 0 saturated carbocycles. The molecule has 0 bridgehead atoms. The Hall–Kier alpha value is -2.43. The second-order valence-corrected chi connectivity index (χ2v) is 3.95. The van der Waals surface area contributed by atoms with Crippen LogP contribution in [0.15, 0.2) is 42.5 Å². The highest BCUT2D eigenvalue weighted by atomic mass is 19.1. The van der Waals surface area contributed by atoms with Crippen molar-refractivity contribution in [3.8, 4) is 0 Å². The summed E-state index contributed by atoms with van der Waals surface area (Å²) in [5.41, 5.74) is 1.93. The number of aryl methyl sites for hydroxylation is 1. The van der Waals surface area contributed by atoms with E-state index in [4.69, 9.17) is 0 Å². The maximum Gasteiger partial charge on any atom is 0.274 e. The van der Waals surface area contributed by atoms with Crippen LogP contribution in [0.3, 0.4) is 0 Å². The first-order chi connectivity index (χ1) is 8.54. The highest BCUT2D eigenvalue weighted by Crippen LogP contribution is 2.23. The first-order valence-electron chi connectivity index (χ1n) is 5.33. The van der Waals surface area contributed by atoms with E-state index in [0.29, 0.717) is 5.69 Å². The van der Waals surface area contributed by atoms with Gasteiger partial charge in [-0.15, -0.1) is 0 Å². The second-order valence-electron chi connectivity index (χ2n) is 3.95. The van der Waals surface area contributed by atoms with E-state index in [-0.39, 0.29) is 5.69 Å². The van der Waals surface area contributed by atoms with Gasteiger partial charge in [-0.1, -0.05) is 17.7 Å². The third-order valence-corrected chi connectivity index (χ3v) is 2.43. The minimum Gasteiger partial charge on any atom is -0.355 e. The number of anilines is 2. The summed E-state index contributed by atoms with van der Waals surface area (Å²) in [7, 11) is 0. The summed E-state index contributed by atoms with van der Waals surface area (Å²) >= 11 is 0. The number of rotatable bonds is 3. The van der Waals surface area contributed by atoms with E-state index in [9.17, 15) is 14.5 Å². The molecule has 0 heterocycles. The van der Waals surface area contributed by atoms with E-state index in [1.807, 2.05) is 31.2 Å². The van der Waals surface area contributed by atoms with Gasteiger partial charge in [0.25, 0.3) is 5.69 Å². The molecule has 4 nitrogen and oxygen atoms in total. The van der Waals surface area contributed by atoms with Crippen LogP contribution in [0, 0.1) is 22.9 Å². The van der Waals surface area contributed by atoms with Gasteiger partial charge < -0.3 is 5.32 Å². The van der Waals surface area contributed by atoms with E-state index >= 15 is 0 Å². The largest absolute Gasteiger partial charge is 0.355 e. The number of hydrogen-bond donors (Lipinski definition) is 1. The van der Waals surface area contributed by atoms with Crippen LogP contribution in [0.1, 0.15) is 5.56 Å². The number of nitro groups is 1. The molecule has 18 heavy (non-hydrogen) atoms. The predicted octanol–water partition coefficient (Wildman–Crippen LogP) is 3.79. The number of non-ortho nitro benzene ring substituents is 1. The summed E-state index contributed by atoms with van der Waals surface area (Å²) in [6.45, 7) is 1.96. The van der Waals surface area contributed by atoms with Gasteiger partial charge in [0.05, 0.1) is 11.0 Å². The Morgan fingerprint density at radius 1 is 1.11 bits per heavy atom. The molecule has 0 radical (unpaired) electrons. The van der Waals surface area contributed by atoms with Crippen molar-refractivity contribution in [3.05, 3.63) is 64.0 Å². The van der Waals surface area contributed by atoms with Crippen LogP contribution < -0.4 is 5.32 Å². The molecule has 92 valence electrons. The Kier molecular flexibility index (Phi) is 3.23. The zero-order chi connectivity index (χ0) is 13.1. The van der Waals surface area contributed by atoms with Crippen molar-refractivity contribution >= 4 is 17.1 Å². The Labute approximate surface area is 103 Å². The SMILES string of the molecule is Cc1ccc(Nc2cc(F)cc([N+](=O)[O-])c2)cc1. The molecule has 0 atom stereocenters. The monoisotopic (exact) mass is 246 g/mol. The number of nitrogens with one attached hydrogen (secondary N) is 1. The van der Waals surface area contributed by atoms with E-state index in [1.54, 1.807) is 0 Å². The molecular weight excluding hydrogens is 235 g/mol. The van der Waals surface area contributed by atoms with Crippen LogP contribution in [-0.2, 0) is 0 Å². The van der Waals surface area contributed by atoms with Gasteiger partial charge in [-0.05, 0) is 25.1 Å². The van der Waals surface area contributed by atoms with Gasteiger partial charge in [0.1, 0.15) is 5.82 Å². The lowest BCUT2D eigenvalue weighted by Crippen LogP contribution is -1.94. The fourth-order valence-electron chi connectivity index (χ4n) is 1.56. The first-order valence-corrected chi connectivity index (χ1v) is 5.33. The van der Waals surface area contributed by atoms with E-state index in [1.165, 1.54) is 12.1 Å². The number of nitro benzene ring substituents is 1. The van der Waals surface area contributed by atoms with Crippen LogP contribution in [0.25, 0.3) is 0 Å². The van der Waals surface area contributed by atoms with Gasteiger partial charge in [0.2, 0.25) is 0 Å².